The van der Waals surface area contributed by atoms with E-state index in [1.807, 2.05) is 16.3 Å². The van der Waals surface area contributed by atoms with Crippen molar-refractivity contribution in [1.29, 1.82) is 0 Å². The van der Waals surface area contributed by atoms with E-state index in [0.717, 1.165) is 24.3 Å². The lowest BCUT2D eigenvalue weighted by Crippen LogP contribution is -2.18. The molecule has 7 heteroatoms. The predicted molar refractivity (Wildman–Crippen MR) is 79.2 cm³/mol. The minimum Gasteiger partial charge on any atom is -0.369 e. The third kappa shape index (κ3) is 2.97. The highest BCUT2D eigenvalue weighted by molar-refractivity contribution is 7.99. The maximum atomic E-state index is 12.7. The molecule has 114 valence electrons. The fourth-order valence-electron chi connectivity index (χ4n) is 2.67. The average Bonchev–Trinajstić information content (AvgIpc) is 2.75. The molecule has 2 heterocycles. The number of fused-ring (bicyclic) bond motifs is 1. The minimum atomic E-state index is -4.36. The molecule has 1 aromatic carbocycles. The van der Waals surface area contributed by atoms with Gasteiger partial charge in [-0.05, 0) is 36.8 Å². The summed E-state index contributed by atoms with van der Waals surface area (Å²) in [7, 11) is 0. The van der Waals surface area contributed by atoms with Crippen molar-refractivity contribution in [3.63, 3.8) is 0 Å². The van der Waals surface area contributed by atoms with Crippen LogP contribution in [0.3, 0.4) is 0 Å². The lowest BCUT2D eigenvalue weighted by Gasteiger charge is -2.22. The van der Waals surface area contributed by atoms with E-state index in [-0.39, 0.29) is 5.95 Å². The van der Waals surface area contributed by atoms with Crippen LogP contribution >= 0.6 is 11.8 Å². The van der Waals surface area contributed by atoms with Crippen LogP contribution in [0.15, 0.2) is 18.2 Å². The standard InChI is InChI=1S/C14H16F3N3S/c15-14(16,17)9-4-5-12-11(7-9)19-13(18)20(12)8-10-3-1-2-6-21-10/h4-5,7,10H,1-3,6,8H2,(H2,18,19). The zero-order valence-electron chi connectivity index (χ0n) is 11.4. The predicted octanol–water partition coefficient (Wildman–Crippen LogP) is 3.92. The van der Waals surface area contributed by atoms with E-state index in [4.69, 9.17) is 5.73 Å². The Balaban J connectivity index is 1.93. The molecule has 0 amide bonds. The molecule has 2 aromatic rings. The summed E-state index contributed by atoms with van der Waals surface area (Å²) >= 11 is 1.90. The largest absolute Gasteiger partial charge is 0.416 e. The molecule has 2 N–H and O–H groups in total. The van der Waals surface area contributed by atoms with Crippen LogP contribution in [-0.2, 0) is 12.7 Å². The van der Waals surface area contributed by atoms with Gasteiger partial charge in [-0.3, -0.25) is 0 Å². The van der Waals surface area contributed by atoms with Crippen molar-refractivity contribution in [2.75, 3.05) is 11.5 Å². The molecule has 3 rings (SSSR count). The zero-order valence-corrected chi connectivity index (χ0v) is 12.2. The van der Waals surface area contributed by atoms with Gasteiger partial charge in [0.25, 0.3) is 0 Å². The molecule has 1 saturated heterocycles. The lowest BCUT2D eigenvalue weighted by atomic mass is 10.1. The molecule has 1 aliphatic heterocycles. The Morgan fingerprint density at radius 1 is 1.33 bits per heavy atom. The third-order valence-corrected chi connectivity index (χ3v) is 5.15. The molecule has 1 fully saturated rings. The quantitative estimate of drug-likeness (QED) is 0.913. The smallest absolute Gasteiger partial charge is 0.369 e. The molecule has 0 saturated carbocycles. The first kappa shape index (κ1) is 14.6. The number of nitrogen functional groups attached to an aromatic ring is 1. The van der Waals surface area contributed by atoms with Gasteiger partial charge in [-0.25, -0.2) is 4.98 Å². The Hall–Kier alpha value is -1.37. The number of nitrogens with zero attached hydrogens (tertiary/aromatic N) is 2. The third-order valence-electron chi connectivity index (χ3n) is 3.77. The van der Waals surface area contributed by atoms with Gasteiger partial charge in [-0.15, -0.1) is 0 Å². The maximum absolute atomic E-state index is 12.7. The van der Waals surface area contributed by atoms with Crippen molar-refractivity contribution in [2.24, 2.45) is 0 Å². The summed E-state index contributed by atoms with van der Waals surface area (Å²) in [5.74, 6) is 1.42. The van der Waals surface area contributed by atoms with Gasteiger partial charge in [0.15, 0.2) is 0 Å². The first-order valence-electron chi connectivity index (χ1n) is 6.90. The number of hydrogen-bond donors (Lipinski definition) is 1. The summed E-state index contributed by atoms with van der Waals surface area (Å²) in [6.45, 7) is 0.707. The molecular weight excluding hydrogens is 299 g/mol. The molecule has 1 unspecified atom stereocenters. The number of imidazole rings is 1. The summed E-state index contributed by atoms with van der Waals surface area (Å²) < 4.78 is 40.0. The summed E-state index contributed by atoms with van der Waals surface area (Å²) in [6.07, 6.45) is -0.810. The summed E-state index contributed by atoms with van der Waals surface area (Å²) in [6, 6.07) is 3.62. The van der Waals surface area contributed by atoms with Crippen molar-refractivity contribution in [1.82, 2.24) is 9.55 Å². The Labute approximate surface area is 124 Å². The molecule has 0 aliphatic carbocycles. The number of aromatic nitrogens is 2. The highest BCUT2D eigenvalue weighted by atomic mass is 32.2. The van der Waals surface area contributed by atoms with Gasteiger partial charge < -0.3 is 10.3 Å². The molecule has 0 spiro atoms. The second kappa shape index (κ2) is 5.44. The van der Waals surface area contributed by atoms with Crippen LogP contribution in [-0.4, -0.2) is 20.6 Å². The number of nitrogens with two attached hydrogens (primary N) is 1. The molecule has 1 atom stereocenters. The Morgan fingerprint density at radius 3 is 2.81 bits per heavy atom. The topological polar surface area (TPSA) is 43.8 Å². The first-order chi connectivity index (χ1) is 9.95. The number of halogens is 3. The number of thioether (sulfide) groups is 1. The maximum Gasteiger partial charge on any atom is 0.416 e. The normalized spacial score (nSPS) is 20.0. The van der Waals surface area contributed by atoms with Crippen LogP contribution in [0.5, 0.6) is 0 Å². The second-order valence-electron chi connectivity index (χ2n) is 5.27. The highest BCUT2D eigenvalue weighted by Gasteiger charge is 2.31. The van der Waals surface area contributed by atoms with Crippen LogP contribution in [0.1, 0.15) is 24.8 Å². The van der Waals surface area contributed by atoms with E-state index < -0.39 is 11.7 Å². The van der Waals surface area contributed by atoms with Crippen molar-refractivity contribution in [3.05, 3.63) is 23.8 Å². The zero-order chi connectivity index (χ0) is 15.0. The van der Waals surface area contributed by atoms with Crippen molar-refractivity contribution in [3.8, 4) is 0 Å². The average molecular weight is 315 g/mol. The number of benzene rings is 1. The molecule has 0 radical (unpaired) electrons. The SMILES string of the molecule is Nc1nc2cc(C(F)(F)F)ccc2n1CC1CCCCS1. The van der Waals surface area contributed by atoms with Gasteiger partial charge in [-0.1, -0.05) is 6.42 Å². The fourth-order valence-corrected chi connectivity index (χ4v) is 3.96. The Kier molecular flexibility index (Phi) is 3.77. The van der Waals surface area contributed by atoms with Crippen LogP contribution in [0.2, 0.25) is 0 Å². The summed E-state index contributed by atoms with van der Waals surface area (Å²) in [4.78, 5) is 4.08. The van der Waals surface area contributed by atoms with Gasteiger partial charge in [0.1, 0.15) is 0 Å². The molecular formula is C14H16F3N3S. The fraction of sp³-hybridized carbons (Fsp3) is 0.500. The number of anilines is 1. The van der Waals surface area contributed by atoms with Gasteiger partial charge in [0.2, 0.25) is 5.95 Å². The number of rotatable bonds is 2. The van der Waals surface area contributed by atoms with Crippen LogP contribution in [0.4, 0.5) is 19.1 Å². The first-order valence-corrected chi connectivity index (χ1v) is 7.94. The van der Waals surface area contributed by atoms with E-state index in [9.17, 15) is 13.2 Å². The second-order valence-corrected chi connectivity index (χ2v) is 6.68. The summed E-state index contributed by atoms with van der Waals surface area (Å²) in [5.41, 5.74) is 6.18. The Morgan fingerprint density at radius 2 is 2.14 bits per heavy atom. The van der Waals surface area contributed by atoms with E-state index in [2.05, 4.69) is 4.98 Å². The van der Waals surface area contributed by atoms with E-state index in [1.54, 1.807) is 0 Å². The number of hydrogen-bond acceptors (Lipinski definition) is 3. The van der Waals surface area contributed by atoms with Gasteiger partial charge in [-0.2, -0.15) is 24.9 Å². The van der Waals surface area contributed by atoms with Crippen LogP contribution < -0.4 is 5.73 Å². The van der Waals surface area contributed by atoms with Gasteiger partial charge in [0, 0.05) is 11.8 Å². The van der Waals surface area contributed by atoms with Gasteiger partial charge >= 0.3 is 6.18 Å². The van der Waals surface area contributed by atoms with Crippen LogP contribution in [0, 0.1) is 0 Å². The molecule has 0 bridgehead atoms. The van der Waals surface area contributed by atoms with Crippen molar-refractivity contribution in [2.45, 2.75) is 37.2 Å². The van der Waals surface area contributed by atoms with Crippen molar-refractivity contribution < 1.29 is 13.2 Å². The lowest BCUT2D eigenvalue weighted by molar-refractivity contribution is -0.137. The molecule has 1 aliphatic rings. The molecule has 3 nitrogen and oxygen atoms in total. The monoisotopic (exact) mass is 315 g/mol. The summed E-state index contributed by atoms with van der Waals surface area (Å²) in [5, 5.41) is 0.459. The van der Waals surface area contributed by atoms with E-state index in [1.165, 1.54) is 18.9 Å². The minimum absolute atomic E-state index is 0.287. The number of alkyl halides is 3. The van der Waals surface area contributed by atoms with Crippen molar-refractivity contribution >= 4 is 28.7 Å². The molecule has 1 aromatic heterocycles. The van der Waals surface area contributed by atoms with E-state index in [0.29, 0.717) is 22.8 Å². The highest BCUT2D eigenvalue weighted by Crippen LogP contribution is 2.33. The Bertz CT molecular complexity index is 645. The molecule has 21 heavy (non-hydrogen) atoms. The van der Waals surface area contributed by atoms with Crippen LogP contribution in [0.25, 0.3) is 11.0 Å². The van der Waals surface area contributed by atoms with E-state index >= 15 is 0 Å². The van der Waals surface area contributed by atoms with Gasteiger partial charge in [0.05, 0.1) is 16.6 Å².